The predicted molar refractivity (Wildman–Crippen MR) is 227 cm³/mol. The number of carbonyl (C=O) groups is 1. The first-order valence-corrected chi connectivity index (χ1v) is 20.9. The normalized spacial score (nSPS) is 11.3. The molecule has 0 radical (unpaired) electrons. The second kappa shape index (κ2) is 29.4. The van der Waals surface area contributed by atoms with Gasteiger partial charge in [0.25, 0.3) is 0 Å². The highest BCUT2D eigenvalue weighted by Gasteiger charge is 2.05. The van der Waals surface area contributed by atoms with Gasteiger partial charge >= 0.3 is 5.97 Å². The van der Waals surface area contributed by atoms with Crippen molar-refractivity contribution >= 4 is 23.9 Å². The minimum absolute atomic E-state index is 0.0210. The zero-order chi connectivity index (χ0) is 37.4. The lowest BCUT2D eigenvalue weighted by atomic mass is 10.0. The molecule has 3 rings (SSSR count). The van der Waals surface area contributed by atoms with Crippen molar-refractivity contribution < 1.29 is 14.3 Å². The molecule has 286 valence electrons. The van der Waals surface area contributed by atoms with Gasteiger partial charge in [0, 0.05) is 6.21 Å². The van der Waals surface area contributed by atoms with Crippen LogP contribution < -0.4 is 4.74 Å². The lowest BCUT2D eigenvalue weighted by molar-refractivity contribution is 0.0556. The number of unbranched alkanes of at least 4 members (excludes halogenated alkanes) is 20. The van der Waals surface area contributed by atoms with Crippen LogP contribution in [-0.2, 0) is 11.2 Å². The third-order valence-corrected chi connectivity index (χ3v) is 9.79. The third-order valence-electron chi connectivity index (χ3n) is 9.79. The van der Waals surface area contributed by atoms with Crippen LogP contribution in [0.4, 0.5) is 5.69 Å². The second-order valence-corrected chi connectivity index (χ2v) is 14.4. The van der Waals surface area contributed by atoms with E-state index in [1.807, 2.05) is 48.7 Å². The molecule has 0 heterocycles. The van der Waals surface area contributed by atoms with Crippen molar-refractivity contribution in [3.05, 3.63) is 101 Å². The van der Waals surface area contributed by atoms with Gasteiger partial charge < -0.3 is 9.47 Å². The minimum Gasteiger partial charge on any atom is -0.494 e. The summed E-state index contributed by atoms with van der Waals surface area (Å²) >= 11 is 0. The van der Waals surface area contributed by atoms with E-state index in [-0.39, 0.29) is 6.61 Å². The van der Waals surface area contributed by atoms with Crippen molar-refractivity contribution in [1.29, 1.82) is 0 Å². The fraction of sp³-hybridized carbons (Fsp3) is 0.510. The van der Waals surface area contributed by atoms with Crippen LogP contribution in [0.1, 0.15) is 169 Å². The molecule has 0 fully saturated rings. The molecule has 0 aromatic heterocycles. The summed E-state index contributed by atoms with van der Waals surface area (Å²) in [6.07, 6.45) is 41.4. The second-order valence-electron chi connectivity index (χ2n) is 14.4. The summed E-state index contributed by atoms with van der Waals surface area (Å²) in [5.74, 6) is 2.81. The number of allylic oxidation sites excluding steroid dienone is 1. The first-order valence-electron chi connectivity index (χ1n) is 20.9. The Kier molecular flexibility index (Phi) is 24.0. The molecule has 0 unspecified atom stereocenters. The van der Waals surface area contributed by atoms with Crippen LogP contribution >= 0.6 is 0 Å². The highest BCUT2D eigenvalue weighted by atomic mass is 16.5. The molecule has 0 spiro atoms. The molecule has 0 atom stereocenters. The Bertz CT molecular complexity index is 1450. The van der Waals surface area contributed by atoms with E-state index in [1.165, 1.54) is 134 Å². The summed E-state index contributed by atoms with van der Waals surface area (Å²) in [7, 11) is 0. The van der Waals surface area contributed by atoms with Crippen LogP contribution in [0.2, 0.25) is 0 Å². The Balaban J connectivity index is 1.14. The molecule has 0 aliphatic heterocycles. The van der Waals surface area contributed by atoms with Gasteiger partial charge in [0.05, 0.1) is 17.9 Å². The molecular formula is C49H67NO3. The fourth-order valence-electron chi connectivity index (χ4n) is 6.49. The predicted octanol–water partition coefficient (Wildman–Crippen LogP) is 14.1. The number of ether oxygens (including phenoxy) is 2. The quantitative estimate of drug-likeness (QED) is 0.0298. The number of rotatable bonds is 30. The Labute approximate surface area is 322 Å². The maximum atomic E-state index is 11.9. The molecule has 0 aliphatic rings. The molecule has 0 saturated carbocycles. The highest BCUT2D eigenvalue weighted by Crippen LogP contribution is 2.18. The Morgan fingerprint density at radius 3 is 1.62 bits per heavy atom. The lowest BCUT2D eigenvalue weighted by Gasteiger charge is -2.07. The number of carbonyl (C=O) groups excluding carboxylic acids is 1. The van der Waals surface area contributed by atoms with Crippen LogP contribution in [0.15, 0.2) is 83.9 Å². The van der Waals surface area contributed by atoms with Crippen LogP contribution in [0, 0.1) is 12.3 Å². The smallest absolute Gasteiger partial charge is 0.339 e. The van der Waals surface area contributed by atoms with Crippen molar-refractivity contribution in [2.45, 2.75) is 148 Å². The Hall–Kier alpha value is -4.10. The van der Waals surface area contributed by atoms with Crippen molar-refractivity contribution in [2.75, 3.05) is 13.2 Å². The van der Waals surface area contributed by atoms with Gasteiger partial charge in [0.2, 0.25) is 0 Å². The van der Waals surface area contributed by atoms with Crippen LogP contribution in [0.5, 0.6) is 5.75 Å². The molecule has 0 aliphatic carbocycles. The summed E-state index contributed by atoms with van der Waals surface area (Å²) < 4.78 is 10.9. The van der Waals surface area contributed by atoms with Crippen LogP contribution in [0.25, 0.3) is 6.08 Å². The van der Waals surface area contributed by atoms with Gasteiger partial charge in [-0.05, 0) is 78.1 Å². The molecule has 3 aromatic rings. The molecule has 0 bridgehead atoms. The average Bonchev–Trinajstić information content (AvgIpc) is 3.19. The zero-order valence-corrected chi connectivity index (χ0v) is 32.9. The van der Waals surface area contributed by atoms with Crippen molar-refractivity contribution in [3.8, 4) is 18.1 Å². The number of nitrogens with zero attached hydrogens (tertiary/aromatic N) is 1. The van der Waals surface area contributed by atoms with Gasteiger partial charge in [0.1, 0.15) is 5.75 Å². The average molecular weight is 718 g/mol. The van der Waals surface area contributed by atoms with E-state index in [4.69, 9.17) is 15.9 Å². The summed E-state index contributed by atoms with van der Waals surface area (Å²) in [5, 5.41) is 0. The first-order chi connectivity index (χ1) is 26.2. The molecule has 0 amide bonds. The fourth-order valence-corrected chi connectivity index (χ4v) is 6.49. The van der Waals surface area contributed by atoms with Gasteiger partial charge in [-0.1, -0.05) is 178 Å². The van der Waals surface area contributed by atoms with E-state index in [9.17, 15) is 4.79 Å². The number of hydrogen-bond acceptors (Lipinski definition) is 4. The van der Waals surface area contributed by atoms with Gasteiger partial charge in [0.15, 0.2) is 6.61 Å². The van der Waals surface area contributed by atoms with E-state index in [2.05, 4.69) is 48.2 Å². The number of aliphatic imine (C=N–C) groups is 1. The van der Waals surface area contributed by atoms with Gasteiger partial charge in [-0.2, -0.15) is 0 Å². The SMILES string of the molecule is C#CCOC(=O)c1ccc(/C=C/Cc2ccc(N=Cc3ccc(OCCCCCCCCCCCCCCCCCCCCCCC)cc3)cc2)cc1. The number of hydrogen-bond donors (Lipinski definition) is 0. The number of benzene rings is 3. The lowest BCUT2D eigenvalue weighted by Crippen LogP contribution is -2.04. The number of esters is 1. The van der Waals surface area contributed by atoms with Crippen LogP contribution in [0.3, 0.4) is 0 Å². The summed E-state index contributed by atoms with van der Waals surface area (Å²) in [4.78, 5) is 16.5. The highest BCUT2D eigenvalue weighted by molar-refractivity contribution is 5.89. The maximum Gasteiger partial charge on any atom is 0.339 e. The molecular weight excluding hydrogens is 651 g/mol. The van der Waals surface area contributed by atoms with E-state index in [1.54, 1.807) is 12.1 Å². The topological polar surface area (TPSA) is 47.9 Å². The molecule has 0 N–H and O–H groups in total. The maximum absolute atomic E-state index is 11.9. The molecule has 4 nitrogen and oxygen atoms in total. The zero-order valence-electron chi connectivity index (χ0n) is 32.9. The monoisotopic (exact) mass is 718 g/mol. The summed E-state index contributed by atoms with van der Waals surface area (Å²) in [5.41, 5.74) is 4.67. The van der Waals surface area contributed by atoms with E-state index in [0.717, 1.165) is 42.0 Å². The van der Waals surface area contributed by atoms with E-state index < -0.39 is 5.97 Å². The molecule has 3 aromatic carbocycles. The third kappa shape index (κ3) is 21.3. The van der Waals surface area contributed by atoms with Crippen LogP contribution in [-0.4, -0.2) is 25.4 Å². The summed E-state index contributed by atoms with van der Waals surface area (Å²) in [6, 6.07) is 23.7. The van der Waals surface area contributed by atoms with E-state index >= 15 is 0 Å². The van der Waals surface area contributed by atoms with Crippen molar-refractivity contribution in [3.63, 3.8) is 0 Å². The molecule has 4 heteroatoms. The minimum atomic E-state index is -0.409. The molecule has 0 saturated heterocycles. The van der Waals surface area contributed by atoms with E-state index in [0.29, 0.717) is 5.56 Å². The summed E-state index contributed by atoms with van der Waals surface area (Å²) in [6.45, 7) is 3.06. The van der Waals surface area contributed by atoms with Gasteiger partial charge in [-0.3, -0.25) is 4.99 Å². The van der Waals surface area contributed by atoms with Gasteiger partial charge in [-0.25, -0.2) is 4.79 Å². The largest absolute Gasteiger partial charge is 0.494 e. The Morgan fingerprint density at radius 1 is 0.623 bits per heavy atom. The number of terminal acetylenes is 1. The first kappa shape index (κ1) is 43.3. The Morgan fingerprint density at radius 2 is 1.11 bits per heavy atom. The van der Waals surface area contributed by atoms with Crippen molar-refractivity contribution in [2.24, 2.45) is 4.99 Å². The molecule has 53 heavy (non-hydrogen) atoms. The van der Waals surface area contributed by atoms with Crippen molar-refractivity contribution in [1.82, 2.24) is 0 Å². The standard InChI is InChI=1S/C49H67NO3/c1-3-5-6-7-8-9-10-11-12-13-14-15-16-17-18-19-20-21-22-23-24-41-52-48-38-32-45(33-39-48)42-50-47-36-30-44(31-37-47)27-25-26-43-28-34-46(35-29-43)49(51)53-40-4-2/h2,25-26,28-39,42H,3,5-24,27,40-41H2,1H3/b26-25+,50-42?. The van der Waals surface area contributed by atoms with Gasteiger partial charge in [-0.15, -0.1) is 6.42 Å².